The van der Waals surface area contributed by atoms with Crippen LogP contribution in [0.4, 0.5) is 11.8 Å². The molecule has 0 bridgehead atoms. The summed E-state index contributed by atoms with van der Waals surface area (Å²) in [5, 5.41) is 2.02. The molecule has 3 rings (SSSR count). The fraction of sp³-hybridized carbons (Fsp3) is 0.455. The number of thiophene rings is 1. The minimum absolute atomic E-state index is 0.293. The van der Waals surface area contributed by atoms with Crippen LogP contribution in [0.5, 0.6) is 0 Å². The SMILES string of the molecule is COC1CCN(c2nc(N)nc3ccsc23)C1. The van der Waals surface area contributed by atoms with Gasteiger partial charge in [-0.2, -0.15) is 4.98 Å². The van der Waals surface area contributed by atoms with Crippen LogP contribution in [0, 0.1) is 0 Å². The molecule has 5 nitrogen and oxygen atoms in total. The van der Waals surface area contributed by atoms with Gasteiger partial charge in [-0.3, -0.25) is 0 Å². The van der Waals surface area contributed by atoms with E-state index < -0.39 is 0 Å². The summed E-state index contributed by atoms with van der Waals surface area (Å²) in [5.41, 5.74) is 6.67. The largest absolute Gasteiger partial charge is 0.380 e. The van der Waals surface area contributed by atoms with Crippen LogP contribution in [0.1, 0.15) is 6.42 Å². The highest BCUT2D eigenvalue weighted by Gasteiger charge is 2.25. The summed E-state index contributed by atoms with van der Waals surface area (Å²) in [6, 6.07) is 1.98. The van der Waals surface area contributed by atoms with Gasteiger partial charge in [0.05, 0.1) is 16.3 Å². The van der Waals surface area contributed by atoms with Crippen LogP contribution in [-0.4, -0.2) is 36.3 Å². The normalized spacial score (nSPS) is 20.3. The summed E-state index contributed by atoms with van der Waals surface area (Å²) in [5.74, 6) is 1.29. The van der Waals surface area contributed by atoms with Gasteiger partial charge in [-0.15, -0.1) is 11.3 Å². The minimum Gasteiger partial charge on any atom is -0.380 e. The maximum Gasteiger partial charge on any atom is 0.222 e. The molecule has 2 aromatic rings. The minimum atomic E-state index is 0.293. The van der Waals surface area contributed by atoms with Crippen LogP contribution in [0.25, 0.3) is 10.2 Å². The third kappa shape index (κ3) is 1.83. The second kappa shape index (κ2) is 4.12. The van der Waals surface area contributed by atoms with Crippen LogP contribution in [0.3, 0.4) is 0 Å². The molecule has 90 valence electrons. The smallest absolute Gasteiger partial charge is 0.222 e. The van der Waals surface area contributed by atoms with E-state index in [1.54, 1.807) is 18.4 Å². The van der Waals surface area contributed by atoms with Crippen molar-refractivity contribution in [2.45, 2.75) is 12.5 Å². The van der Waals surface area contributed by atoms with Crippen molar-refractivity contribution >= 4 is 33.3 Å². The van der Waals surface area contributed by atoms with Crippen LogP contribution < -0.4 is 10.6 Å². The van der Waals surface area contributed by atoms with Gasteiger partial charge in [0, 0.05) is 20.2 Å². The van der Waals surface area contributed by atoms with Crippen molar-refractivity contribution in [1.82, 2.24) is 9.97 Å². The van der Waals surface area contributed by atoms with E-state index in [9.17, 15) is 0 Å². The number of anilines is 2. The van der Waals surface area contributed by atoms with Crippen molar-refractivity contribution in [2.75, 3.05) is 30.8 Å². The first kappa shape index (κ1) is 10.7. The molecule has 1 atom stereocenters. The summed E-state index contributed by atoms with van der Waals surface area (Å²) < 4.78 is 6.48. The van der Waals surface area contributed by atoms with E-state index in [2.05, 4.69) is 14.9 Å². The Bertz CT molecular complexity index is 541. The first-order valence-corrected chi connectivity index (χ1v) is 6.44. The second-order valence-corrected chi connectivity index (χ2v) is 5.05. The van der Waals surface area contributed by atoms with Crippen LogP contribution in [-0.2, 0) is 4.74 Å². The number of hydrogen-bond donors (Lipinski definition) is 1. The lowest BCUT2D eigenvalue weighted by molar-refractivity contribution is 0.121. The zero-order valence-corrected chi connectivity index (χ0v) is 10.4. The molecule has 1 aliphatic heterocycles. The molecule has 0 saturated carbocycles. The van der Waals surface area contributed by atoms with Gasteiger partial charge in [0.15, 0.2) is 5.82 Å². The standard InChI is InChI=1S/C11H14N4OS/c1-16-7-2-4-15(6-7)10-9-8(3-5-17-9)13-11(12)14-10/h3,5,7H,2,4,6H2,1H3,(H2,12,13,14). The third-order valence-electron chi connectivity index (χ3n) is 3.08. The van der Waals surface area contributed by atoms with E-state index in [4.69, 9.17) is 10.5 Å². The lowest BCUT2D eigenvalue weighted by Gasteiger charge is -2.17. The van der Waals surface area contributed by atoms with E-state index in [0.717, 1.165) is 35.5 Å². The highest BCUT2D eigenvalue weighted by Crippen LogP contribution is 2.31. The van der Waals surface area contributed by atoms with Crippen molar-refractivity contribution in [3.05, 3.63) is 11.4 Å². The van der Waals surface area contributed by atoms with Crippen molar-refractivity contribution in [3.63, 3.8) is 0 Å². The van der Waals surface area contributed by atoms with Gasteiger partial charge in [0.2, 0.25) is 5.95 Å². The Kier molecular flexibility index (Phi) is 2.60. The van der Waals surface area contributed by atoms with Crippen molar-refractivity contribution < 1.29 is 4.74 Å². The van der Waals surface area contributed by atoms with E-state index in [1.807, 2.05) is 11.4 Å². The van der Waals surface area contributed by atoms with E-state index in [1.165, 1.54) is 0 Å². The zero-order valence-electron chi connectivity index (χ0n) is 9.59. The average molecular weight is 250 g/mol. The molecule has 6 heteroatoms. The summed E-state index contributed by atoms with van der Waals surface area (Å²) in [6.45, 7) is 1.84. The molecule has 1 aliphatic rings. The number of nitrogens with two attached hydrogens (primary N) is 1. The number of aromatic nitrogens is 2. The van der Waals surface area contributed by atoms with Gasteiger partial charge in [-0.25, -0.2) is 4.98 Å². The second-order valence-electron chi connectivity index (χ2n) is 4.13. The summed E-state index contributed by atoms with van der Waals surface area (Å²) >= 11 is 1.66. The third-order valence-corrected chi connectivity index (χ3v) is 3.98. The van der Waals surface area contributed by atoms with Crippen molar-refractivity contribution in [1.29, 1.82) is 0 Å². The predicted molar refractivity (Wildman–Crippen MR) is 69.5 cm³/mol. The fourth-order valence-electron chi connectivity index (χ4n) is 2.19. The van der Waals surface area contributed by atoms with Crippen molar-refractivity contribution in [3.8, 4) is 0 Å². The van der Waals surface area contributed by atoms with Crippen LogP contribution >= 0.6 is 11.3 Å². The molecule has 0 spiro atoms. The lowest BCUT2D eigenvalue weighted by atomic mass is 10.3. The predicted octanol–water partition coefficient (Wildman–Crippen LogP) is 1.50. The van der Waals surface area contributed by atoms with Crippen molar-refractivity contribution in [2.24, 2.45) is 0 Å². The Balaban J connectivity index is 2.02. The highest BCUT2D eigenvalue weighted by atomic mass is 32.1. The Labute approximate surface area is 103 Å². The first-order valence-electron chi connectivity index (χ1n) is 5.56. The number of nitrogens with zero attached hydrogens (tertiary/aromatic N) is 3. The monoisotopic (exact) mass is 250 g/mol. The molecule has 17 heavy (non-hydrogen) atoms. The number of fused-ring (bicyclic) bond motifs is 1. The number of nitrogen functional groups attached to an aromatic ring is 1. The number of hydrogen-bond acceptors (Lipinski definition) is 6. The number of ether oxygens (including phenoxy) is 1. The molecule has 1 unspecified atom stereocenters. The quantitative estimate of drug-likeness (QED) is 0.875. The topological polar surface area (TPSA) is 64.3 Å². The molecule has 2 N–H and O–H groups in total. The van der Waals surface area contributed by atoms with Gasteiger partial charge in [-0.1, -0.05) is 0 Å². The fourth-order valence-corrected chi connectivity index (χ4v) is 3.04. The lowest BCUT2D eigenvalue weighted by Crippen LogP contribution is -2.23. The van der Waals surface area contributed by atoms with Gasteiger partial charge in [0.25, 0.3) is 0 Å². The molecule has 0 aliphatic carbocycles. The number of methoxy groups -OCH3 is 1. The Morgan fingerprint density at radius 1 is 1.53 bits per heavy atom. The van der Waals surface area contributed by atoms with E-state index in [-0.39, 0.29) is 0 Å². The van der Waals surface area contributed by atoms with Gasteiger partial charge in [-0.05, 0) is 17.9 Å². The molecule has 3 heterocycles. The maximum atomic E-state index is 5.74. The van der Waals surface area contributed by atoms with Gasteiger partial charge in [0.1, 0.15) is 0 Å². The number of rotatable bonds is 2. The van der Waals surface area contributed by atoms with Gasteiger partial charge < -0.3 is 15.4 Å². The molecule has 0 amide bonds. The van der Waals surface area contributed by atoms with Crippen LogP contribution in [0.15, 0.2) is 11.4 Å². The Hall–Kier alpha value is -1.40. The molecular formula is C11H14N4OS. The molecule has 1 saturated heterocycles. The van der Waals surface area contributed by atoms with E-state index in [0.29, 0.717) is 12.1 Å². The Morgan fingerprint density at radius 3 is 3.18 bits per heavy atom. The molecule has 0 aromatic carbocycles. The maximum absolute atomic E-state index is 5.74. The molecular weight excluding hydrogens is 236 g/mol. The first-order chi connectivity index (χ1) is 8.28. The summed E-state index contributed by atoms with van der Waals surface area (Å²) in [4.78, 5) is 10.8. The zero-order chi connectivity index (χ0) is 11.8. The van der Waals surface area contributed by atoms with E-state index >= 15 is 0 Å². The molecule has 1 fully saturated rings. The molecule has 0 radical (unpaired) electrons. The Morgan fingerprint density at radius 2 is 2.41 bits per heavy atom. The summed E-state index contributed by atoms with van der Waals surface area (Å²) in [7, 11) is 1.75. The molecule has 2 aromatic heterocycles. The average Bonchev–Trinajstić information content (AvgIpc) is 2.95. The van der Waals surface area contributed by atoms with Gasteiger partial charge >= 0.3 is 0 Å². The summed E-state index contributed by atoms with van der Waals surface area (Å²) in [6.07, 6.45) is 1.33. The van der Waals surface area contributed by atoms with Crippen LogP contribution in [0.2, 0.25) is 0 Å². The highest BCUT2D eigenvalue weighted by molar-refractivity contribution is 7.17.